The Balaban J connectivity index is 1.29. The van der Waals surface area contributed by atoms with Crippen LogP contribution in [-0.2, 0) is 13.1 Å². The summed E-state index contributed by atoms with van der Waals surface area (Å²) in [7, 11) is 0. The summed E-state index contributed by atoms with van der Waals surface area (Å²) in [5.41, 5.74) is 6.90. The molecule has 0 unspecified atom stereocenters. The van der Waals surface area contributed by atoms with Gasteiger partial charge >= 0.3 is 0 Å². The molecule has 3 heterocycles. The van der Waals surface area contributed by atoms with E-state index in [0.29, 0.717) is 38.4 Å². The molecule has 0 saturated carbocycles. The SMILES string of the molecule is Cc1ncsc1-c1ccc(CN/C(=N/C#N)[C@@H]2C[C@@H](O)CN2C[C@H](C(C)C)N2Cc3ccccc3C2=O)cc1. The van der Waals surface area contributed by atoms with E-state index in [0.717, 1.165) is 32.8 Å². The Morgan fingerprint density at radius 2 is 2.03 bits per heavy atom. The average molecular weight is 543 g/mol. The molecule has 2 aliphatic rings. The number of aliphatic hydroxyl groups excluding tert-OH is 1. The molecule has 5 rings (SSSR count). The van der Waals surface area contributed by atoms with Crippen LogP contribution < -0.4 is 5.32 Å². The number of carbonyl (C=O) groups is 1. The van der Waals surface area contributed by atoms with Gasteiger partial charge < -0.3 is 15.3 Å². The number of likely N-dealkylation sites (tertiary alicyclic amines) is 1. The molecule has 9 heteroatoms. The van der Waals surface area contributed by atoms with Gasteiger partial charge in [0, 0.05) is 37.8 Å². The van der Waals surface area contributed by atoms with E-state index in [2.05, 4.69) is 58.3 Å². The normalized spacial score (nSPS) is 20.4. The Kier molecular flexibility index (Phi) is 8.07. The maximum absolute atomic E-state index is 13.3. The van der Waals surface area contributed by atoms with E-state index in [-0.39, 0.29) is 23.9 Å². The summed E-state index contributed by atoms with van der Waals surface area (Å²) in [6.07, 6.45) is 1.90. The zero-order valence-electron chi connectivity index (χ0n) is 22.5. The van der Waals surface area contributed by atoms with Gasteiger partial charge in [-0.15, -0.1) is 11.3 Å². The number of carbonyl (C=O) groups excluding carboxylic acids is 1. The van der Waals surface area contributed by atoms with E-state index < -0.39 is 6.10 Å². The highest BCUT2D eigenvalue weighted by Crippen LogP contribution is 2.30. The van der Waals surface area contributed by atoms with Crippen LogP contribution >= 0.6 is 11.3 Å². The minimum atomic E-state index is -0.526. The maximum atomic E-state index is 13.3. The lowest BCUT2D eigenvalue weighted by Crippen LogP contribution is -2.51. The fraction of sp³-hybridized carbons (Fsp3) is 0.400. The monoisotopic (exact) mass is 542 g/mol. The number of aromatic nitrogens is 1. The van der Waals surface area contributed by atoms with Crippen LogP contribution in [0.25, 0.3) is 10.4 Å². The second kappa shape index (κ2) is 11.7. The van der Waals surface area contributed by atoms with Crippen LogP contribution in [0.2, 0.25) is 0 Å². The first-order valence-corrected chi connectivity index (χ1v) is 14.2. The highest BCUT2D eigenvalue weighted by Gasteiger charge is 2.40. The van der Waals surface area contributed by atoms with Gasteiger partial charge in [0.05, 0.1) is 28.2 Å². The number of amides is 1. The first kappa shape index (κ1) is 27.0. The van der Waals surface area contributed by atoms with E-state index in [4.69, 9.17) is 0 Å². The first-order valence-electron chi connectivity index (χ1n) is 13.4. The van der Waals surface area contributed by atoms with Gasteiger partial charge in [-0.1, -0.05) is 56.3 Å². The molecule has 0 bridgehead atoms. The number of aryl methyl sites for hydroxylation is 1. The molecular weight excluding hydrogens is 508 g/mol. The summed E-state index contributed by atoms with van der Waals surface area (Å²) in [6, 6.07) is 15.8. The number of β-amino-alcohol motifs (C(OH)–C–C–N with tert-alkyl or cyclic N) is 1. The van der Waals surface area contributed by atoms with Crippen LogP contribution in [-0.4, -0.2) is 62.9 Å². The molecule has 1 saturated heterocycles. The number of hydrogen-bond acceptors (Lipinski definition) is 7. The Bertz CT molecular complexity index is 1390. The summed E-state index contributed by atoms with van der Waals surface area (Å²) in [6.45, 7) is 8.43. The van der Waals surface area contributed by atoms with Crippen molar-refractivity contribution in [1.82, 2.24) is 20.1 Å². The number of amidine groups is 1. The lowest BCUT2D eigenvalue weighted by Gasteiger charge is -2.36. The summed E-state index contributed by atoms with van der Waals surface area (Å²) in [4.78, 5) is 27.0. The zero-order chi connectivity index (χ0) is 27.5. The molecule has 3 atom stereocenters. The molecule has 2 aromatic carbocycles. The van der Waals surface area contributed by atoms with Crippen LogP contribution in [0.1, 0.15) is 47.4 Å². The minimum Gasteiger partial charge on any atom is -0.392 e. The third-order valence-electron chi connectivity index (χ3n) is 7.74. The van der Waals surface area contributed by atoms with Crippen LogP contribution in [0.4, 0.5) is 0 Å². The van der Waals surface area contributed by atoms with Crippen LogP contribution in [0.5, 0.6) is 0 Å². The molecule has 0 aliphatic carbocycles. The molecule has 0 spiro atoms. The van der Waals surface area contributed by atoms with E-state index in [1.54, 1.807) is 11.3 Å². The standard InChI is InChI=1S/C30H34N6O2S/c1-19(2)27(36-14-23-6-4-5-7-25(23)30(36)38)16-35-15-24(37)12-26(35)29(33-17-31)32-13-21-8-10-22(11-9-21)28-20(3)34-18-39-28/h4-11,18-19,24,26-27,37H,12-16H2,1-3H3,(H,32,33)/t24-,26+,27-/m1/s1. The van der Waals surface area contributed by atoms with Crippen molar-refractivity contribution in [3.05, 3.63) is 76.4 Å². The van der Waals surface area contributed by atoms with Crippen LogP contribution in [0.3, 0.4) is 0 Å². The molecule has 39 heavy (non-hydrogen) atoms. The van der Waals surface area contributed by atoms with Gasteiger partial charge in [0.25, 0.3) is 5.91 Å². The van der Waals surface area contributed by atoms with Crippen molar-refractivity contribution in [2.24, 2.45) is 10.9 Å². The second-order valence-electron chi connectivity index (χ2n) is 10.7. The van der Waals surface area contributed by atoms with Crippen molar-refractivity contribution in [3.8, 4) is 16.6 Å². The first-order chi connectivity index (χ1) is 18.9. The largest absolute Gasteiger partial charge is 0.392 e. The lowest BCUT2D eigenvalue weighted by molar-refractivity contribution is 0.0573. The molecule has 1 aromatic heterocycles. The minimum absolute atomic E-state index is 0.0382. The van der Waals surface area contributed by atoms with Crippen molar-refractivity contribution in [1.29, 1.82) is 5.26 Å². The molecule has 1 amide bonds. The number of nitrogens with zero attached hydrogens (tertiary/aromatic N) is 5. The highest BCUT2D eigenvalue weighted by atomic mass is 32.1. The Labute approximate surface area is 233 Å². The van der Waals surface area contributed by atoms with Crippen molar-refractivity contribution in [2.75, 3.05) is 13.1 Å². The summed E-state index contributed by atoms with van der Waals surface area (Å²) in [5, 5.41) is 23.5. The van der Waals surface area contributed by atoms with Crippen molar-refractivity contribution in [3.63, 3.8) is 0 Å². The summed E-state index contributed by atoms with van der Waals surface area (Å²) in [5.74, 6) is 0.822. The fourth-order valence-electron chi connectivity index (χ4n) is 5.65. The van der Waals surface area contributed by atoms with E-state index >= 15 is 0 Å². The number of nitrogens with one attached hydrogen (secondary N) is 1. The Hall–Kier alpha value is -3.58. The highest BCUT2D eigenvalue weighted by molar-refractivity contribution is 7.13. The number of hydrogen-bond donors (Lipinski definition) is 2. The quantitative estimate of drug-likeness (QED) is 0.251. The van der Waals surface area contributed by atoms with Gasteiger partial charge in [0.2, 0.25) is 6.19 Å². The van der Waals surface area contributed by atoms with E-state index in [1.165, 1.54) is 0 Å². The van der Waals surface area contributed by atoms with Crippen molar-refractivity contribution in [2.45, 2.75) is 58.5 Å². The van der Waals surface area contributed by atoms with Crippen molar-refractivity contribution < 1.29 is 9.90 Å². The van der Waals surface area contributed by atoms with Gasteiger partial charge in [-0.2, -0.15) is 10.3 Å². The van der Waals surface area contributed by atoms with Gasteiger partial charge in [-0.3, -0.25) is 9.69 Å². The molecule has 1 fully saturated rings. The van der Waals surface area contributed by atoms with Gasteiger partial charge in [-0.05, 0) is 42.0 Å². The number of benzene rings is 2. The second-order valence-corrected chi connectivity index (χ2v) is 11.5. The van der Waals surface area contributed by atoms with Crippen LogP contribution in [0.15, 0.2) is 59.0 Å². The van der Waals surface area contributed by atoms with Gasteiger partial charge in [-0.25, -0.2) is 4.98 Å². The number of aliphatic hydroxyl groups is 1. The summed E-state index contributed by atoms with van der Waals surface area (Å²) < 4.78 is 0. The third kappa shape index (κ3) is 5.74. The number of nitriles is 1. The predicted octanol–water partition coefficient (Wildman–Crippen LogP) is 4.20. The molecule has 2 aliphatic heterocycles. The number of thiazole rings is 1. The number of fused-ring (bicyclic) bond motifs is 1. The lowest BCUT2D eigenvalue weighted by atomic mass is 10.0. The molecule has 202 valence electrons. The molecule has 2 N–H and O–H groups in total. The van der Waals surface area contributed by atoms with Gasteiger partial charge in [0.1, 0.15) is 5.84 Å². The molecule has 0 radical (unpaired) electrons. The number of aliphatic imine (C=N–C) groups is 1. The molecular formula is C30H34N6O2S. The third-order valence-corrected chi connectivity index (χ3v) is 8.72. The topological polar surface area (TPSA) is 105 Å². The molecule has 8 nitrogen and oxygen atoms in total. The smallest absolute Gasteiger partial charge is 0.254 e. The Morgan fingerprint density at radius 1 is 1.26 bits per heavy atom. The predicted molar refractivity (Wildman–Crippen MR) is 153 cm³/mol. The molecule has 3 aromatic rings. The van der Waals surface area contributed by atoms with Gasteiger partial charge in [0.15, 0.2) is 0 Å². The van der Waals surface area contributed by atoms with E-state index in [1.807, 2.05) is 47.8 Å². The Morgan fingerprint density at radius 3 is 2.69 bits per heavy atom. The fourth-order valence-corrected chi connectivity index (χ4v) is 6.46. The summed E-state index contributed by atoms with van der Waals surface area (Å²) >= 11 is 1.63. The maximum Gasteiger partial charge on any atom is 0.254 e. The zero-order valence-corrected chi connectivity index (χ0v) is 23.4. The van der Waals surface area contributed by atoms with E-state index in [9.17, 15) is 15.2 Å². The number of rotatable bonds is 8. The average Bonchev–Trinajstić information content (AvgIpc) is 3.62. The van der Waals surface area contributed by atoms with Crippen molar-refractivity contribution >= 4 is 23.1 Å². The van der Waals surface area contributed by atoms with Crippen LogP contribution in [0, 0.1) is 24.3 Å².